The van der Waals surface area contributed by atoms with E-state index in [9.17, 15) is 9.59 Å². The van der Waals surface area contributed by atoms with Crippen molar-refractivity contribution in [3.8, 4) is 11.1 Å². The fraction of sp³-hybridized carbons (Fsp3) is 0.368. The van der Waals surface area contributed by atoms with Gasteiger partial charge in [-0.1, -0.05) is 50.1 Å². The highest BCUT2D eigenvalue weighted by Gasteiger charge is 2.35. The van der Waals surface area contributed by atoms with Crippen LogP contribution in [0.3, 0.4) is 0 Å². The summed E-state index contributed by atoms with van der Waals surface area (Å²) in [6.45, 7) is 3.24. The molecule has 0 aliphatic carbocycles. The molecule has 0 fully saturated rings. The van der Waals surface area contributed by atoms with Crippen LogP contribution >= 0.6 is 0 Å². The predicted octanol–water partition coefficient (Wildman–Crippen LogP) is 2.88. The average molecular weight is 340 g/mol. The maximum Gasteiger partial charge on any atom is 0.315 e. The Hall–Kier alpha value is -2.76. The normalized spacial score (nSPS) is 16.5. The van der Waals surface area contributed by atoms with E-state index in [1.54, 1.807) is 4.90 Å². The summed E-state index contributed by atoms with van der Waals surface area (Å²) in [4.78, 5) is 25.9. The van der Waals surface area contributed by atoms with Crippen LogP contribution in [0.15, 0.2) is 36.5 Å². The van der Waals surface area contributed by atoms with Crippen molar-refractivity contribution in [2.45, 2.75) is 38.8 Å². The summed E-state index contributed by atoms with van der Waals surface area (Å²) >= 11 is 0. The van der Waals surface area contributed by atoms with Gasteiger partial charge in [-0.05, 0) is 12.0 Å². The smallest absolute Gasteiger partial charge is 0.315 e. The van der Waals surface area contributed by atoms with Crippen LogP contribution in [0.2, 0.25) is 0 Å². The van der Waals surface area contributed by atoms with Crippen LogP contribution in [0, 0.1) is 0 Å². The highest BCUT2D eigenvalue weighted by molar-refractivity contribution is 6.01. The van der Waals surface area contributed by atoms with Gasteiger partial charge in [-0.2, -0.15) is 0 Å². The predicted molar refractivity (Wildman–Crippen MR) is 96.9 cm³/mol. The van der Waals surface area contributed by atoms with E-state index in [4.69, 9.17) is 11.5 Å². The van der Waals surface area contributed by atoms with E-state index in [0.29, 0.717) is 18.7 Å². The minimum atomic E-state index is -0.472. The average Bonchev–Trinajstić information content (AvgIpc) is 3.00. The van der Waals surface area contributed by atoms with Crippen LogP contribution < -0.4 is 11.5 Å². The molecule has 2 heterocycles. The lowest BCUT2D eigenvalue weighted by Crippen LogP contribution is -2.45. The summed E-state index contributed by atoms with van der Waals surface area (Å²) in [7, 11) is 0. The molecule has 6 nitrogen and oxygen atoms in total. The zero-order valence-corrected chi connectivity index (χ0v) is 14.4. The fourth-order valence-corrected chi connectivity index (χ4v) is 3.68. The number of amides is 3. The maximum absolute atomic E-state index is 12.3. The van der Waals surface area contributed by atoms with Crippen molar-refractivity contribution in [1.82, 2.24) is 9.47 Å². The lowest BCUT2D eigenvalue weighted by atomic mass is 9.95. The van der Waals surface area contributed by atoms with Crippen LogP contribution in [-0.2, 0) is 6.54 Å². The molecular weight excluding hydrogens is 316 g/mol. The first-order valence-electron chi connectivity index (χ1n) is 8.69. The zero-order valence-electron chi connectivity index (χ0n) is 14.4. The van der Waals surface area contributed by atoms with Crippen LogP contribution in [0.25, 0.3) is 11.1 Å². The molecular formula is C19H24N4O2. The summed E-state index contributed by atoms with van der Waals surface area (Å²) in [5.74, 6) is -0.472. The van der Waals surface area contributed by atoms with E-state index < -0.39 is 11.9 Å². The summed E-state index contributed by atoms with van der Waals surface area (Å²) in [5.41, 5.74) is 14.4. The second-order valence-electron chi connectivity index (χ2n) is 6.42. The number of nitrogens with two attached hydrogens (primary N) is 2. The number of carbonyl (C=O) groups is 2. The van der Waals surface area contributed by atoms with Crippen molar-refractivity contribution in [2.24, 2.45) is 11.5 Å². The van der Waals surface area contributed by atoms with Crippen molar-refractivity contribution >= 4 is 11.9 Å². The van der Waals surface area contributed by atoms with E-state index in [1.165, 1.54) is 0 Å². The van der Waals surface area contributed by atoms with E-state index in [1.807, 2.05) is 36.5 Å². The molecule has 25 heavy (non-hydrogen) atoms. The quantitative estimate of drug-likeness (QED) is 0.875. The highest BCUT2D eigenvalue weighted by Crippen LogP contribution is 2.38. The molecule has 3 rings (SSSR count). The molecule has 4 N–H and O–H groups in total. The molecule has 1 atom stereocenters. The number of hydrogen-bond donors (Lipinski definition) is 2. The molecule has 1 aliphatic rings. The number of fused-ring (bicyclic) bond motifs is 1. The molecule has 1 unspecified atom stereocenters. The highest BCUT2D eigenvalue weighted by atomic mass is 16.2. The Kier molecular flexibility index (Phi) is 4.79. The van der Waals surface area contributed by atoms with Gasteiger partial charge in [-0.3, -0.25) is 4.79 Å². The molecule has 0 saturated carbocycles. The Morgan fingerprint density at radius 1 is 1.16 bits per heavy atom. The van der Waals surface area contributed by atoms with E-state index in [-0.39, 0.29) is 6.04 Å². The molecule has 0 spiro atoms. The second-order valence-corrected chi connectivity index (χ2v) is 6.42. The van der Waals surface area contributed by atoms with Crippen molar-refractivity contribution in [3.05, 3.63) is 47.8 Å². The fourth-order valence-electron chi connectivity index (χ4n) is 3.68. The molecule has 0 saturated heterocycles. The molecule has 0 radical (unpaired) electrons. The van der Waals surface area contributed by atoms with Gasteiger partial charge in [0, 0.05) is 24.8 Å². The van der Waals surface area contributed by atoms with Crippen LogP contribution in [-0.4, -0.2) is 28.0 Å². The molecule has 132 valence electrons. The molecule has 1 aromatic heterocycles. The largest absolute Gasteiger partial charge is 0.366 e. The van der Waals surface area contributed by atoms with Crippen molar-refractivity contribution in [1.29, 1.82) is 0 Å². The van der Waals surface area contributed by atoms with Crippen molar-refractivity contribution in [2.75, 3.05) is 6.54 Å². The van der Waals surface area contributed by atoms with Crippen LogP contribution in [0.4, 0.5) is 4.79 Å². The van der Waals surface area contributed by atoms with Gasteiger partial charge in [0.25, 0.3) is 5.91 Å². The summed E-state index contributed by atoms with van der Waals surface area (Å²) in [5, 5.41) is 0. The Bertz CT molecular complexity index is 782. The molecule has 1 aliphatic heterocycles. The Labute approximate surface area is 147 Å². The third-order valence-corrected chi connectivity index (χ3v) is 4.84. The monoisotopic (exact) mass is 340 g/mol. The Morgan fingerprint density at radius 3 is 2.48 bits per heavy atom. The standard InChI is InChI=1S/C19H24N4O2/c1-2-3-9-15-17-16(18(20)24)14(13-7-5-4-6-8-13)12-22(17)10-11-23(15)19(21)25/h4-8,12,15H,2-3,9-11H2,1H3,(H2,20,24)(H2,21,25). The lowest BCUT2D eigenvalue weighted by molar-refractivity contribution is 0.0993. The summed E-state index contributed by atoms with van der Waals surface area (Å²) in [6.07, 6.45) is 4.68. The Morgan fingerprint density at radius 2 is 1.88 bits per heavy atom. The molecule has 2 aromatic rings. The number of hydrogen-bond acceptors (Lipinski definition) is 2. The first-order chi connectivity index (χ1) is 12.0. The molecule has 6 heteroatoms. The van der Waals surface area contributed by atoms with Gasteiger partial charge in [0.15, 0.2) is 0 Å². The van der Waals surface area contributed by atoms with Gasteiger partial charge in [0.05, 0.1) is 17.3 Å². The number of primary amides is 2. The van der Waals surface area contributed by atoms with Gasteiger partial charge in [-0.25, -0.2) is 4.79 Å². The number of benzene rings is 1. The molecule has 3 amide bonds. The first kappa shape index (κ1) is 17.1. The SMILES string of the molecule is CCCCC1c2c(C(N)=O)c(-c3ccccc3)cn2CCN1C(N)=O. The summed E-state index contributed by atoms with van der Waals surface area (Å²) < 4.78 is 2.06. The number of urea groups is 1. The van der Waals surface area contributed by atoms with E-state index in [2.05, 4.69) is 11.5 Å². The van der Waals surface area contributed by atoms with Crippen LogP contribution in [0.5, 0.6) is 0 Å². The topological polar surface area (TPSA) is 94.3 Å². The van der Waals surface area contributed by atoms with Crippen molar-refractivity contribution < 1.29 is 9.59 Å². The second kappa shape index (κ2) is 7.01. The summed E-state index contributed by atoms with van der Waals surface area (Å²) in [6, 6.07) is 9.04. The number of carbonyl (C=O) groups excluding carboxylic acids is 2. The Balaban J connectivity index is 2.16. The minimum Gasteiger partial charge on any atom is -0.366 e. The van der Waals surface area contributed by atoms with Crippen molar-refractivity contribution in [3.63, 3.8) is 0 Å². The molecule has 0 bridgehead atoms. The van der Waals surface area contributed by atoms with Gasteiger partial charge in [-0.15, -0.1) is 0 Å². The van der Waals surface area contributed by atoms with Gasteiger partial charge < -0.3 is 20.9 Å². The van der Waals surface area contributed by atoms with E-state index in [0.717, 1.165) is 36.1 Å². The molecule has 1 aromatic carbocycles. The number of aromatic nitrogens is 1. The van der Waals surface area contributed by atoms with Crippen LogP contribution in [0.1, 0.15) is 48.3 Å². The van der Waals surface area contributed by atoms with Gasteiger partial charge in [0.2, 0.25) is 0 Å². The van der Waals surface area contributed by atoms with E-state index >= 15 is 0 Å². The zero-order chi connectivity index (χ0) is 18.0. The third-order valence-electron chi connectivity index (χ3n) is 4.84. The first-order valence-corrected chi connectivity index (χ1v) is 8.69. The number of rotatable bonds is 5. The van der Waals surface area contributed by atoms with Gasteiger partial charge in [0.1, 0.15) is 0 Å². The minimum absolute atomic E-state index is 0.217. The maximum atomic E-state index is 12.3. The lowest BCUT2D eigenvalue weighted by Gasteiger charge is -2.36. The number of nitrogens with zero attached hydrogens (tertiary/aromatic N) is 2. The van der Waals surface area contributed by atoms with Gasteiger partial charge >= 0.3 is 6.03 Å². The third kappa shape index (κ3) is 3.12. The number of unbranched alkanes of at least 4 members (excludes halogenated alkanes) is 1.